The van der Waals surface area contributed by atoms with Gasteiger partial charge in [0, 0.05) is 5.56 Å². The average Bonchev–Trinajstić information content (AvgIpc) is 3.08. The molecule has 0 aliphatic carbocycles. The van der Waals surface area contributed by atoms with Crippen molar-refractivity contribution in [1.82, 2.24) is 0 Å². The molecule has 0 bridgehead atoms. The summed E-state index contributed by atoms with van der Waals surface area (Å²) in [6.45, 7) is 3.10. The molecule has 1 unspecified atom stereocenters. The highest BCUT2D eigenvalue weighted by atomic mass is 19.4. The second-order valence-electron chi connectivity index (χ2n) is 5.55. The average molecular weight is 272 g/mol. The number of rotatable bonds is 4. The first-order valence-corrected chi connectivity index (χ1v) is 5.97. The fraction of sp³-hybridized carbons (Fsp3) is 0.500. The van der Waals surface area contributed by atoms with Crippen molar-refractivity contribution in [2.24, 2.45) is 0 Å². The summed E-state index contributed by atoms with van der Waals surface area (Å²) in [5, 5.41) is 0. The van der Waals surface area contributed by atoms with Crippen molar-refractivity contribution in [3.63, 3.8) is 0 Å². The third kappa shape index (κ3) is 2.52. The van der Waals surface area contributed by atoms with Crippen molar-refractivity contribution >= 4 is 6.29 Å². The molecule has 1 aliphatic rings. The predicted molar refractivity (Wildman–Crippen MR) is 64.2 cm³/mol. The number of aldehydes is 1. The summed E-state index contributed by atoms with van der Waals surface area (Å²) < 4.78 is 43.5. The zero-order chi connectivity index (χ0) is 14.3. The number of epoxide rings is 1. The van der Waals surface area contributed by atoms with E-state index in [2.05, 4.69) is 4.74 Å². The van der Waals surface area contributed by atoms with Gasteiger partial charge in [-0.1, -0.05) is 38.1 Å². The lowest BCUT2D eigenvalue weighted by molar-refractivity contribution is -0.188. The highest BCUT2D eigenvalue weighted by molar-refractivity contribution is 5.77. The first-order chi connectivity index (χ1) is 8.72. The lowest BCUT2D eigenvalue weighted by Gasteiger charge is -2.30. The van der Waals surface area contributed by atoms with Gasteiger partial charge in [-0.3, -0.25) is 4.79 Å². The van der Waals surface area contributed by atoms with E-state index in [1.165, 1.54) is 0 Å². The van der Waals surface area contributed by atoms with Crippen LogP contribution in [-0.4, -0.2) is 24.7 Å². The van der Waals surface area contributed by atoms with E-state index in [-0.39, 0.29) is 13.0 Å². The molecule has 0 amide bonds. The van der Waals surface area contributed by atoms with E-state index in [1.807, 2.05) is 0 Å². The molecule has 5 heteroatoms. The van der Waals surface area contributed by atoms with Crippen LogP contribution in [0.2, 0.25) is 0 Å². The molecule has 0 saturated carbocycles. The third-order valence-corrected chi connectivity index (χ3v) is 3.55. The van der Waals surface area contributed by atoms with Crippen molar-refractivity contribution in [3.8, 4) is 0 Å². The van der Waals surface area contributed by atoms with E-state index >= 15 is 0 Å². The molecule has 19 heavy (non-hydrogen) atoms. The van der Waals surface area contributed by atoms with Crippen LogP contribution in [0.4, 0.5) is 13.2 Å². The maximum absolute atomic E-state index is 12.9. The molecule has 0 N–H and O–H groups in total. The Morgan fingerprint density at radius 3 is 2.37 bits per heavy atom. The smallest absolute Gasteiger partial charge is 0.360 e. The normalized spacial score (nSPS) is 23.2. The Morgan fingerprint density at radius 1 is 1.32 bits per heavy atom. The van der Waals surface area contributed by atoms with Crippen LogP contribution in [0.3, 0.4) is 0 Å². The van der Waals surface area contributed by atoms with Crippen molar-refractivity contribution in [1.29, 1.82) is 0 Å². The number of ether oxygens (including phenoxy) is 1. The number of alkyl halides is 3. The van der Waals surface area contributed by atoms with E-state index < -0.39 is 17.2 Å². The summed E-state index contributed by atoms with van der Waals surface area (Å²) in [6, 6.07) is 6.71. The Bertz CT molecular complexity index is 488. The number of hydrogen-bond donors (Lipinski definition) is 0. The lowest BCUT2D eigenvalue weighted by Crippen LogP contribution is -2.39. The first-order valence-electron chi connectivity index (χ1n) is 5.97. The Balaban J connectivity index is 2.31. The Hall–Kier alpha value is -1.36. The first kappa shape index (κ1) is 14.1. The van der Waals surface area contributed by atoms with E-state index in [1.54, 1.807) is 38.1 Å². The number of benzene rings is 1. The SMILES string of the molecule is CC(C)(CC1(C(F)(F)F)CO1)c1ccccc1C=O. The Labute approximate surface area is 109 Å². The molecule has 1 aliphatic heterocycles. The second kappa shape index (κ2) is 4.34. The molecule has 1 aromatic carbocycles. The van der Waals surface area contributed by atoms with Crippen LogP contribution >= 0.6 is 0 Å². The molecule has 1 saturated heterocycles. The molecule has 2 rings (SSSR count). The minimum absolute atomic E-state index is 0.186. The molecule has 1 aromatic rings. The summed E-state index contributed by atoms with van der Waals surface area (Å²) in [7, 11) is 0. The molecule has 2 nitrogen and oxygen atoms in total. The highest BCUT2D eigenvalue weighted by Gasteiger charge is 2.67. The standard InChI is InChI=1S/C14H15F3O2/c1-12(2,8-13(9-19-13)14(15,16)17)11-6-4-3-5-10(11)7-18/h3-7H,8-9H2,1-2H3. The van der Waals surface area contributed by atoms with Crippen molar-refractivity contribution in [2.75, 3.05) is 6.61 Å². The van der Waals surface area contributed by atoms with Gasteiger partial charge in [0.2, 0.25) is 0 Å². The van der Waals surface area contributed by atoms with E-state index in [4.69, 9.17) is 0 Å². The maximum atomic E-state index is 12.9. The van der Waals surface area contributed by atoms with Crippen molar-refractivity contribution < 1.29 is 22.7 Å². The van der Waals surface area contributed by atoms with Gasteiger partial charge in [0.1, 0.15) is 6.29 Å². The fourth-order valence-corrected chi connectivity index (χ4v) is 2.48. The van der Waals surface area contributed by atoms with E-state index in [0.29, 0.717) is 17.4 Å². The monoisotopic (exact) mass is 272 g/mol. The van der Waals surface area contributed by atoms with Crippen LogP contribution in [0.1, 0.15) is 36.2 Å². The van der Waals surface area contributed by atoms with Gasteiger partial charge >= 0.3 is 6.18 Å². The maximum Gasteiger partial charge on any atom is 0.419 e. The Morgan fingerprint density at radius 2 is 1.89 bits per heavy atom. The summed E-state index contributed by atoms with van der Waals surface area (Å²) >= 11 is 0. The van der Waals surface area contributed by atoms with Gasteiger partial charge in [0.05, 0.1) is 6.61 Å². The van der Waals surface area contributed by atoms with Crippen LogP contribution < -0.4 is 0 Å². The molecule has 1 heterocycles. The Kier molecular flexibility index (Phi) is 3.21. The number of carbonyl (C=O) groups excluding carboxylic acids is 1. The largest absolute Gasteiger partial charge is 0.419 e. The van der Waals surface area contributed by atoms with Crippen LogP contribution in [0.5, 0.6) is 0 Å². The van der Waals surface area contributed by atoms with Crippen LogP contribution in [0.15, 0.2) is 24.3 Å². The van der Waals surface area contributed by atoms with Crippen LogP contribution in [0, 0.1) is 0 Å². The molecular weight excluding hydrogens is 257 g/mol. The van der Waals surface area contributed by atoms with Gasteiger partial charge < -0.3 is 4.74 Å². The molecule has 1 fully saturated rings. The second-order valence-corrected chi connectivity index (χ2v) is 5.55. The van der Waals surface area contributed by atoms with E-state index in [9.17, 15) is 18.0 Å². The van der Waals surface area contributed by atoms with Gasteiger partial charge in [-0.15, -0.1) is 0 Å². The van der Waals surface area contributed by atoms with Gasteiger partial charge in [0.25, 0.3) is 0 Å². The molecular formula is C14H15F3O2. The number of carbonyl (C=O) groups is 1. The summed E-state index contributed by atoms with van der Waals surface area (Å²) in [6.07, 6.45) is -3.89. The fourth-order valence-electron chi connectivity index (χ4n) is 2.48. The molecule has 0 aromatic heterocycles. The highest BCUT2D eigenvalue weighted by Crippen LogP contribution is 2.51. The van der Waals surface area contributed by atoms with Crippen molar-refractivity contribution in [3.05, 3.63) is 35.4 Å². The number of hydrogen-bond acceptors (Lipinski definition) is 2. The molecule has 1 atom stereocenters. The van der Waals surface area contributed by atoms with Gasteiger partial charge in [-0.2, -0.15) is 13.2 Å². The third-order valence-electron chi connectivity index (χ3n) is 3.55. The predicted octanol–water partition coefficient (Wildman–Crippen LogP) is 3.50. The van der Waals surface area contributed by atoms with Gasteiger partial charge in [-0.05, 0) is 17.4 Å². The van der Waals surface area contributed by atoms with E-state index in [0.717, 1.165) is 0 Å². The quantitative estimate of drug-likeness (QED) is 0.620. The molecule has 0 radical (unpaired) electrons. The zero-order valence-corrected chi connectivity index (χ0v) is 10.8. The minimum Gasteiger partial charge on any atom is -0.360 e. The van der Waals surface area contributed by atoms with Crippen LogP contribution in [0.25, 0.3) is 0 Å². The minimum atomic E-state index is -4.37. The lowest BCUT2D eigenvalue weighted by atomic mass is 9.75. The zero-order valence-electron chi connectivity index (χ0n) is 10.8. The summed E-state index contributed by atoms with van der Waals surface area (Å²) in [4.78, 5) is 11.0. The van der Waals surface area contributed by atoms with Crippen LogP contribution in [-0.2, 0) is 10.2 Å². The number of halogens is 3. The summed E-state index contributed by atoms with van der Waals surface area (Å²) in [5.41, 5.74) is -1.80. The van der Waals surface area contributed by atoms with Gasteiger partial charge in [-0.25, -0.2) is 0 Å². The van der Waals surface area contributed by atoms with Gasteiger partial charge in [0.15, 0.2) is 5.60 Å². The molecule has 0 spiro atoms. The topological polar surface area (TPSA) is 29.6 Å². The summed E-state index contributed by atoms with van der Waals surface area (Å²) in [5.74, 6) is 0. The molecule has 104 valence electrons. The van der Waals surface area contributed by atoms with Crippen molar-refractivity contribution in [2.45, 2.75) is 37.5 Å².